The molecular formula is C39H36N4O4. The largest absolute Gasteiger partial charge is 0.489 e. The maximum atomic E-state index is 13.6. The molecule has 0 aliphatic carbocycles. The van der Waals surface area contributed by atoms with Crippen LogP contribution in [0, 0.1) is 0 Å². The van der Waals surface area contributed by atoms with E-state index in [1.807, 2.05) is 103 Å². The third kappa shape index (κ3) is 6.28. The van der Waals surface area contributed by atoms with Gasteiger partial charge in [-0.3, -0.25) is 14.9 Å². The molecule has 236 valence electrons. The van der Waals surface area contributed by atoms with Gasteiger partial charge in [-0.05, 0) is 74.6 Å². The number of H-pyrrole nitrogens is 1. The van der Waals surface area contributed by atoms with Crippen molar-refractivity contribution in [3.8, 4) is 11.5 Å². The number of aromatic amines is 1. The van der Waals surface area contributed by atoms with Crippen LogP contribution >= 0.6 is 0 Å². The van der Waals surface area contributed by atoms with E-state index in [4.69, 9.17) is 9.47 Å². The molecule has 0 spiro atoms. The van der Waals surface area contributed by atoms with Gasteiger partial charge in [0.15, 0.2) is 0 Å². The minimum atomic E-state index is -0.425. The lowest BCUT2D eigenvalue weighted by Gasteiger charge is -2.11. The van der Waals surface area contributed by atoms with Crippen LogP contribution in [0.2, 0.25) is 0 Å². The van der Waals surface area contributed by atoms with E-state index in [0.29, 0.717) is 47.0 Å². The van der Waals surface area contributed by atoms with Gasteiger partial charge in [0.25, 0.3) is 11.8 Å². The van der Waals surface area contributed by atoms with Gasteiger partial charge in [-0.25, -0.2) is 0 Å². The quantitative estimate of drug-likeness (QED) is 0.146. The van der Waals surface area contributed by atoms with Crippen molar-refractivity contribution in [1.82, 2.24) is 19.8 Å². The van der Waals surface area contributed by atoms with Gasteiger partial charge >= 0.3 is 0 Å². The molecule has 6 aromatic rings. The molecule has 7 rings (SSSR count). The lowest BCUT2D eigenvalue weighted by atomic mass is 9.95. The number of carbonyl (C=O) groups is 2. The van der Waals surface area contributed by atoms with Gasteiger partial charge < -0.3 is 23.9 Å². The van der Waals surface area contributed by atoms with Crippen LogP contribution in [0.15, 0.2) is 109 Å². The minimum Gasteiger partial charge on any atom is -0.489 e. The second-order valence-corrected chi connectivity index (χ2v) is 12.1. The second-order valence-electron chi connectivity index (χ2n) is 12.1. The highest BCUT2D eigenvalue weighted by atomic mass is 16.5. The van der Waals surface area contributed by atoms with Crippen molar-refractivity contribution < 1.29 is 19.1 Å². The van der Waals surface area contributed by atoms with Crippen molar-refractivity contribution in [2.45, 2.75) is 26.2 Å². The number of imide groups is 1. The topological polar surface area (TPSA) is 88.6 Å². The summed E-state index contributed by atoms with van der Waals surface area (Å²) in [7, 11) is 4.11. The van der Waals surface area contributed by atoms with Crippen LogP contribution in [0.1, 0.15) is 28.7 Å². The number of benzene rings is 4. The number of hydrogen-bond donors (Lipinski definition) is 2. The summed E-state index contributed by atoms with van der Waals surface area (Å²) < 4.78 is 14.5. The predicted molar refractivity (Wildman–Crippen MR) is 185 cm³/mol. The Hall–Kier alpha value is -5.60. The van der Waals surface area contributed by atoms with E-state index in [-0.39, 0.29) is 0 Å². The van der Waals surface area contributed by atoms with Crippen molar-refractivity contribution >= 4 is 44.8 Å². The summed E-state index contributed by atoms with van der Waals surface area (Å²) in [6, 6.07) is 31.7. The molecule has 2 aromatic heterocycles. The van der Waals surface area contributed by atoms with Crippen molar-refractivity contribution in [3.63, 3.8) is 0 Å². The van der Waals surface area contributed by atoms with Gasteiger partial charge in [0.1, 0.15) is 24.7 Å². The highest BCUT2D eigenvalue weighted by molar-refractivity contribution is 6.50. The third-order valence-electron chi connectivity index (χ3n) is 8.48. The van der Waals surface area contributed by atoms with Gasteiger partial charge in [-0.1, -0.05) is 60.7 Å². The number of aromatic nitrogens is 2. The molecule has 0 bridgehead atoms. The van der Waals surface area contributed by atoms with Crippen molar-refractivity contribution in [1.29, 1.82) is 0 Å². The Morgan fingerprint density at radius 1 is 0.702 bits per heavy atom. The van der Waals surface area contributed by atoms with E-state index >= 15 is 0 Å². The molecule has 0 radical (unpaired) electrons. The molecule has 1 aliphatic heterocycles. The summed E-state index contributed by atoms with van der Waals surface area (Å²) in [6.45, 7) is 2.51. The Labute approximate surface area is 273 Å². The van der Waals surface area contributed by atoms with Gasteiger partial charge in [0.05, 0.1) is 11.1 Å². The Balaban J connectivity index is 1.31. The van der Waals surface area contributed by atoms with E-state index in [2.05, 4.69) is 33.9 Å². The molecule has 0 unspecified atom stereocenters. The molecular weight excluding hydrogens is 588 g/mol. The average molecular weight is 625 g/mol. The first-order valence-corrected chi connectivity index (χ1v) is 15.8. The number of rotatable bonds is 12. The number of nitrogens with zero attached hydrogens (tertiary/aromatic N) is 2. The number of nitrogens with one attached hydrogen (secondary N) is 2. The van der Waals surface area contributed by atoms with Crippen LogP contribution in [0.5, 0.6) is 11.5 Å². The zero-order valence-corrected chi connectivity index (χ0v) is 26.5. The first-order valence-electron chi connectivity index (χ1n) is 15.8. The zero-order chi connectivity index (χ0) is 32.3. The summed E-state index contributed by atoms with van der Waals surface area (Å²) in [5, 5.41) is 4.23. The average Bonchev–Trinajstić information content (AvgIpc) is 3.75. The molecule has 0 atom stereocenters. The normalized spacial score (nSPS) is 13.3. The summed E-state index contributed by atoms with van der Waals surface area (Å²) in [5.74, 6) is 0.518. The first kappa shape index (κ1) is 30.1. The molecule has 2 amide bonds. The Morgan fingerprint density at radius 3 is 1.94 bits per heavy atom. The van der Waals surface area contributed by atoms with Crippen LogP contribution in [0.3, 0.4) is 0 Å². The van der Waals surface area contributed by atoms with E-state index in [1.54, 1.807) is 6.20 Å². The minimum absolute atomic E-state index is 0.337. The molecule has 8 heteroatoms. The maximum Gasteiger partial charge on any atom is 0.259 e. The van der Waals surface area contributed by atoms with Gasteiger partial charge in [0, 0.05) is 51.9 Å². The summed E-state index contributed by atoms with van der Waals surface area (Å²) in [5.41, 5.74) is 5.96. The second kappa shape index (κ2) is 13.0. The predicted octanol–water partition coefficient (Wildman–Crippen LogP) is 6.80. The number of ether oxygens (including phenoxy) is 2. The highest BCUT2D eigenvalue weighted by Crippen LogP contribution is 2.40. The van der Waals surface area contributed by atoms with Crippen molar-refractivity contribution in [2.24, 2.45) is 0 Å². The van der Waals surface area contributed by atoms with E-state index in [1.165, 1.54) is 0 Å². The molecule has 4 aromatic carbocycles. The first-order chi connectivity index (χ1) is 22.9. The molecule has 47 heavy (non-hydrogen) atoms. The molecule has 0 fully saturated rings. The van der Waals surface area contributed by atoms with Crippen LogP contribution in [0.25, 0.3) is 33.0 Å². The SMILES string of the molecule is CN(C)CCCn1cc(C2=C(c3c[nH]c4ccc(OCc5ccccc5)cc34)C(=O)NC2=O)c2cc(OCc3ccccc3)ccc21. The van der Waals surface area contributed by atoms with Crippen LogP contribution in [0.4, 0.5) is 0 Å². The van der Waals surface area contributed by atoms with Crippen molar-refractivity contribution in [3.05, 3.63) is 132 Å². The van der Waals surface area contributed by atoms with Crippen LogP contribution in [-0.4, -0.2) is 46.9 Å². The summed E-state index contributed by atoms with van der Waals surface area (Å²) in [6.07, 6.45) is 4.72. The smallest absolute Gasteiger partial charge is 0.259 e. The molecule has 0 saturated heterocycles. The molecule has 0 saturated carbocycles. The van der Waals surface area contributed by atoms with E-state index < -0.39 is 11.8 Å². The van der Waals surface area contributed by atoms with Gasteiger partial charge in [-0.2, -0.15) is 0 Å². The Morgan fingerprint density at radius 2 is 1.30 bits per heavy atom. The number of aryl methyl sites for hydroxylation is 1. The third-order valence-corrected chi connectivity index (χ3v) is 8.48. The zero-order valence-electron chi connectivity index (χ0n) is 26.5. The summed E-state index contributed by atoms with van der Waals surface area (Å²) in [4.78, 5) is 32.6. The van der Waals surface area contributed by atoms with Crippen LogP contribution < -0.4 is 14.8 Å². The number of carbonyl (C=O) groups excluding carboxylic acids is 2. The van der Waals surface area contributed by atoms with E-state index in [0.717, 1.165) is 52.4 Å². The highest BCUT2D eigenvalue weighted by Gasteiger charge is 2.35. The number of amides is 2. The monoisotopic (exact) mass is 624 g/mol. The van der Waals surface area contributed by atoms with Gasteiger partial charge in [0.2, 0.25) is 0 Å². The fraction of sp³-hybridized carbons (Fsp3) is 0.179. The Bertz CT molecular complexity index is 2110. The fourth-order valence-electron chi connectivity index (χ4n) is 6.15. The lowest BCUT2D eigenvalue weighted by Crippen LogP contribution is -2.22. The standard InChI is InChI=1S/C39H36N4O4/c1-42(2)18-9-19-43-23-33(31-21-29(15-17-35(31)43)47-25-27-12-7-4-8-13-27)37-36(38(44)41-39(37)45)32-22-40-34-16-14-28(20-30(32)34)46-24-26-10-5-3-6-11-26/h3-8,10-17,20-23,40H,9,18-19,24-25H2,1-2H3,(H,41,44,45). The molecule has 8 nitrogen and oxygen atoms in total. The molecule has 1 aliphatic rings. The summed E-state index contributed by atoms with van der Waals surface area (Å²) >= 11 is 0. The maximum absolute atomic E-state index is 13.6. The number of fused-ring (bicyclic) bond motifs is 2. The van der Waals surface area contributed by atoms with Crippen LogP contribution in [-0.2, 0) is 29.3 Å². The van der Waals surface area contributed by atoms with Crippen molar-refractivity contribution in [2.75, 3.05) is 20.6 Å². The van der Waals surface area contributed by atoms with Gasteiger partial charge in [-0.15, -0.1) is 0 Å². The molecule has 3 heterocycles. The Kier molecular flexibility index (Phi) is 8.33. The number of hydrogen-bond acceptors (Lipinski definition) is 5. The van der Waals surface area contributed by atoms with E-state index in [9.17, 15) is 9.59 Å². The molecule has 2 N–H and O–H groups in total. The lowest BCUT2D eigenvalue weighted by molar-refractivity contribution is -0.122. The fourth-order valence-corrected chi connectivity index (χ4v) is 6.15.